The average molecular weight is 303 g/mol. The molecule has 21 heavy (non-hydrogen) atoms. The SMILES string of the molecule is Nc1cnc(Cl)c(C(=O)N2CCCC2c2ccncc2)c1. The third-order valence-electron chi connectivity index (χ3n) is 3.70. The summed E-state index contributed by atoms with van der Waals surface area (Å²) in [7, 11) is 0. The van der Waals surface area contributed by atoms with Crippen LogP contribution < -0.4 is 5.73 Å². The van der Waals surface area contributed by atoms with Crippen LogP contribution in [0.15, 0.2) is 36.8 Å². The number of hydrogen-bond donors (Lipinski definition) is 1. The molecule has 1 aliphatic rings. The predicted octanol–water partition coefficient (Wildman–Crippen LogP) is 2.69. The quantitative estimate of drug-likeness (QED) is 0.866. The second-order valence-corrected chi connectivity index (χ2v) is 5.40. The minimum atomic E-state index is -0.126. The van der Waals surface area contributed by atoms with E-state index < -0.39 is 0 Å². The van der Waals surface area contributed by atoms with Crippen molar-refractivity contribution in [2.24, 2.45) is 0 Å². The molecule has 0 aliphatic carbocycles. The number of carbonyl (C=O) groups excluding carboxylic acids is 1. The number of anilines is 1. The van der Waals surface area contributed by atoms with Crippen LogP contribution in [0.3, 0.4) is 0 Å². The van der Waals surface area contributed by atoms with Gasteiger partial charge in [0.05, 0.1) is 23.5 Å². The van der Waals surface area contributed by atoms with E-state index in [9.17, 15) is 4.79 Å². The van der Waals surface area contributed by atoms with E-state index in [0.29, 0.717) is 17.8 Å². The maximum absolute atomic E-state index is 12.7. The molecule has 2 aromatic heterocycles. The number of carbonyl (C=O) groups is 1. The average Bonchev–Trinajstić information content (AvgIpc) is 2.99. The molecule has 0 saturated carbocycles. The molecule has 108 valence electrons. The maximum atomic E-state index is 12.7. The van der Waals surface area contributed by atoms with Crippen LogP contribution >= 0.6 is 11.6 Å². The Hall–Kier alpha value is -2.14. The van der Waals surface area contributed by atoms with Crippen LogP contribution in [0, 0.1) is 0 Å². The van der Waals surface area contributed by atoms with Gasteiger partial charge < -0.3 is 10.6 Å². The smallest absolute Gasteiger partial charge is 0.257 e. The number of pyridine rings is 2. The van der Waals surface area contributed by atoms with Crippen LogP contribution in [-0.2, 0) is 0 Å². The number of nitrogens with zero attached hydrogens (tertiary/aromatic N) is 3. The molecule has 1 amide bonds. The normalized spacial score (nSPS) is 18.0. The van der Waals surface area contributed by atoms with Crippen molar-refractivity contribution in [3.8, 4) is 0 Å². The number of nitrogens with two attached hydrogens (primary N) is 1. The molecular formula is C15H15ClN4O. The lowest BCUT2D eigenvalue weighted by atomic mass is 10.1. The summed E-state index contributed by atoms with van der Waals surface area (Å²) in [6.45, 7) is 0.705. The van der Waals surface area contributed by atoms with Gasteiger partial charge in [0.25, 0.3) is 5.91 Å². The van der Waals surface area contributed by atoms with E-state index in [-0.39, 0.29) is 17.1 Å². The highest BCUT2D eigenvalue weighted by molar-refractivity contribution is 6.32. The summed E-state index contributed by atoms with van der Waals surface area (Å²) in [5.74, 6) is -0.126. The number of likely N-dealkylation sites (tertiary alicyclic amines) is 1. The van der Waals surface area contributed by atoms with Crippen molar-refractivity contribution in [1.82, 2.24) is 14.9 Å². The van der Waals surface area contributed by atoms with Gasteiger partial charge in [0, 0.05) is 18.9 Å². The van der Waals surface area contributed by atoms with Crippen molar-refractivity contribution in [3.05, 3.63) is 53.1 Å². The van der Waals surface area contributed by atoms with E-state index in [4.69, 9.17) is 17.3 Å². The summed E-state index contributed by atoms with van der Waals surface area (Å²) >= 11 is 6.04. The van der Waals surface area contributed by atoms with Gasteiger partial charge in [-0.05, 0) is 36.6 Å². The van der Waals surface area contributed by atoms with Gasteiger partial charge in [0.2, 0.25) is 0 Å². The van der Waals surface area contributed by atoms with Crippen molar-refractivity contribution in [2.45, 2.75) is 18.9 Å². The Morgan fingerprint density at radius 1 is 1.38 bits per heavy atom. The monoisotopic (exact) mass is 302 g/mol. The summed E-state index contributed by atoms with van der Waals surface area (Å²) in [4.78, 5) is 22.5. The largest absolute Gasteiger partial charge is 0.397 e. The Kier molecular flexibility index (Phi) is 3.75. The zero-order valence-corrected chi connectivity index (χ0v) is 12.1. The summed E-state index contributed by atoms with van der Waals surface area (Å²) < 4.78 is 0. The Morgan fingerprint density at radius 2 is 2.14 bits per heavy atom. The van der Waals surface area contributed by atoms with Crippen molar-refractivity contribution >= 4 is 23.2 Å². The van der Waals surface area contributed by atoms with Gasteiger partial charge in [-0.15, -0.1) is 0 Å². The van der Waals surface area contributed by atoms with Crippen LogP contribution in [0.4, 0.5) is 5.69 Å². The van der Waals surface area contributed by atoms with Crippen molar-refractivity contribution in [2.75, 3.05) is 12.3 Å². The molecule has 0 radical (unpaired) electrons. The van der Waals surface area contributed by atoms with E-state index in [1.165, 1.54) is 6.20 Å². The zero-order valence-electron chi connectivity index (χ0n) is 11.4. The summed E-state index contributed by atoms with van der Waals surface area (Å²) in [6, 6.07) is 5.52. The lowest BCUT2D eigenvalue weighted by Crippen LogP contribution is -2.31. The van der Waals surface area contributed by atoms with Gasteiger partial charge in [-0.25, -0.2) is 4.98 Å². The van der Waals surface area contributed by atoms with E-state index in [1.54, 1.807) is 18.5 Å². The lowest BCUT2D eigenvalue weighted by Gasteiger charge is -2.25. The number of hydrogen-bond acceptors (Lipinski definition) is 4. The highest BCUT2D eigenvalue weighted by Gasteiger charge is 2.31. The minimum absolute atomic E-state index is 0.0537. The first-order valence-electron chi connectivity index (χ1n) is 6.78. The van der Waals surface area contributed by atoms with Gasteiger partial charge in [0.15, 0.2) is 0 Å². The van der Waals surface area contributed by atoms with E-state index in [1.807, 2.05) is 17.0 Å². The van der Waals surface area contributed by atoms with E-state index in [0.717, 1.165) is 18.4 Å². The van der Waals surface area contributed by atoms with E-state index in [2.05, 4.69) is 9.97 Å². The number of nitrogen functional groups attached to an aromatic ring is 1. The molecule has 1 aliphatic heterocycles. The molecule has 5 nitrogen and oxygen atoms in total. The van der Waals surface area contributed by atoms with Crippen LogP contribution in [0.25, 0.3) is 0 Å². The summed E-state index contributed by atoms with van der Waals surface area (Å²) in [5.41, 5.74) is 7.59. The van der Waals surface area contributed by atoms with Crippen LogP contribution in [0.1, 0.15) is 34.8 Å². The number of amides is 1. The fourth-order valence-electron chi connectivity index (χ4n) is 2.71. The van der Waals surface area contributed by atoms with Crippen molar-refractivity contribution < 1.29 is 4.79 Å². The number of rotatable bonds is 2. The first-order chi connectivity index (χ1) is 10.2. The molecule has 0 spiro atoms. The lowest BCUT2D eigenvalue weighted by molar-refractivity contribution is 0.0735. The third kappa shape index (κ3) is 2.69. The zero-order chi connectivity index (χ0) is 14.8. The number of aromatic nitrogens is 2. The van der Waals surface area contributed by atoms with Gasteiger partial charge in [-0.2, -0.15) is 0 Å². The fraction of sp³-hybridized carbons (Fsp3) is 0.267. The highest BCUT2D eigenvalue weighted by Crippen LogP contribution is 2.33. The molecule has 1 atom stereocenters. The molecule has 2 N–H and O–H groups in total. The second-order valence-electron chi connectivity index (χ2n) is 5.04. The third-order valence-corrected chi connectivity index (χ3v) is 4.00. The van der Waals surface area contributed by atoms with Gasteiger partial charge in [-0.3, -0.25) is 9.78 Å². The Morgan fingerprint density at radius 3 is 2.90 bits per heavy atom. The van der Waals surface area contributed by atoms with Crippen LogP contribution in [0.2, 0.25) is 5.15 Å². The molecule has 0 aromatic carbocycles. The maximum Gasteiger partial charge on any atom is 0.257 e. The topological polar surface area (TPSA) is 72.1 Å². The van der Waals surface area contributed by atoms with Gasteiger partial charge in [0.1, 0.15) is 5.15 Å². The molecule has 2 aromatic rings. The molecule has 1 unspecified atom stereocenters. The Bertz CT molecular complexity index is 662. The minimum Gasteiger partial charge on any atom is -0.397 e. The van der Waals surface area contributed by atoms with Crippen molar-refractivity contribution in [1.29, 1.82) is 0 Å². The Labute approximate surface area is 127 Å². The summed E-state index contributed by atoms with van der Waals surface area (Å²) in [5, 5.41) is 0.189. The first-order valence-corrected chi connectivity index (χ1v) is 7.16. The van der Waals surface area contributed by atoms with Gasteiger partial charge >= 0.3 is 0 Å². The van der Waals surface area contributed by atoms with Gasteiger partial charge in [-0.1, -0.05) is 11.6 Å². The standard InChI is InChI=1S/C15H15ClN4O/c16-14-12(8-11(17)9-19-14)15(21)20-7-1-2-13(20)10-3-5-18-6-4-10/h3-6,8-9,13H,1-2,7,17H2. The molecule has 3 rings (SSSR count). The second kappa shape index (κ2) is 5.69. The molecule has 6 heteroatoms. The van der Waals surface area contributed by atoms with E-state index >= 15 is 0 Å². The first kappa shape index (κ1) is 13.8. The fourth-order valence-corrected chi connectivity index (χ4v) is 2.90. The molecule has 3 heterocycles. The highest BCUT2D eigenvalue weighted by atomic mass is 35.5. The Balaban J connectivity index is 1.92. The van der Waals surface area contributed by atoms with Crippen molar-refractivity contribution in [3.63, 3.8) is 0 Å². The number of halogens is 1. The predicted molar refractivity (Wildman–Crippen MR) is 80.9 cm³/mol. The molecular weight excluding hydrogens is 288 g/mol. The van der Waals surface area contributed by atoms with Crippen LogP contribution in [0.5, 0.6) is 0 Å². The summed E-state index contributed by atoms with van der Waals surface area (Å²) in [6.07, 6.45) is 6.83. The van der Waals surface area contributed by atoms with Crippen LogP contribution in [-0.4, -0.2) is 27.3 Å². The molecule has 1 saturated heterocycles. The molecule has 0 bridgehead atoms. The molecule has 1 fully saturated rings.